The van der Waals surface area contributed by atoms with E-state index in [-0.39, 0.29) is 29.9 Å². The van der Waals surface area contributed by atoms with Crippen LogP contribution >= 0.6 is 0 Å². The Bertz CT molecular complexity index is 1350. The van der Waals surface area contributed by atoms with Crippen LogP contribution in [0.5, 0.6) is 5.75 Å². The largest absolute Gasteiger partial charge is 0.497 e. The van der Waals surface area contributed by atoms with E-state index >= 15 is 0 Å². The van der Waals surface area contributed by atoms with Gasteiger partial charge in [0.15, 0.2) is 5.69 Å². The molecule has 12 heteroatoms. The van der Waals surface area contributed by atoms with E-state index in [0.717, 1.165) is 10.7 Å². The third-order valence-electron chi connectivity index (χ3n) is 5.00. The van der Waals surface area contributed by atoms with Crippen LogP contribution in [-0.4, -0.2) is 39.0 Å². The first-order valence-corrected chi connectivity index (χ1v) is 10.4. The first-order valence-electron chi connectivity index (χ1n) is 10.4. The molecule has 35 heavy (non-hydrogen) atoms. The zero-order valence-corrected chi connectivity index (χ0v) is 18.7. The van der Waals surface area contributed by atoms with Crippen molar-refractivity contribution in [1.29, 1.82) is 0 Å². The standard InChI is InChI=1S/C23H21F3N6O3/c1-13(27)20(33)28-12-14-5-3-7-16(9-14)32-18(11-19(31-32)23(24,25)26)22-30-29-21(35-22)15-6-4-8-17(10-15)34-2/h3-11,13H,12,27H2,1-2H3,(H,28,33)/t13-/m0/s1. The van der Waals surface area contributed by atoms with Gasteiger partial charge < -0.3 is 20.2 Å². The lowest BCUT2D eigenvalue weighted by atomic mass is 10.2. The molecule has 4 aromatic rings. The number of benzene rings is 2. The highest BCUT2D eigenvalue weighted by atomic mass is 19.4. The Kier molecular flexibility index (Phi) is 6.56. The van der Waals surface area contributed by atoms with Crippen molar-refractivity contribution in [2.45, 2.75) is 25.7 Å². The second-order valence-corrected chi connectivity index (χ2v) is 7.65. The molecule has 3 N–H and O–H groups in total. The summed E-state index contributed by atoms with van der Waals surface area (Å²) in [6.07, 6.45) is -4.70. The number of aromatic nitrogens is 4. The molecule has 2 heterocycles. The summed E-state index contributed by atoms with van der Waals surface area (Å²) in [6.45, 7) is 1.68. The normalized spacial score (nSPS) is 12.4. The van der Waals surface area contributed by atoms with Crippen molar-refractivity contribution in [2.24, 2.45) is 5.73 Å². The van der Waals surface area contributed by atoms with Gasteiger partial charge in [-0.25, -0.2) is 4.68 Å². The Morgan fingerprint density at radius 1 is 1.14 bits per heavy atom. The molecule has 182 valence electrons. The summed E-state index contributed by atoms with van der Waals surface area (Å²) in [7, 11) is 1.51. The summed E-state index contributed by atoms with van der Waals surface area (Å²) >= 11 is 0. The molecular formula is C23H21F3N6O3. The molecule has 9 nitrogen and oxygen atoms in total. The summed E-state index contributed by atoms with van der Waals surface area (Å²) in [6, 6.07) is 13.5. The molecule has 0 spiro atoms. The maximum atomic E-state index is 13.5. The predicted octanol–water partition coefficient (Wildman–Crippen LogP) is 3.58. The van der Waals surface area contributed by atoms with E-state index in [4.69, 9.17) is 14.9 Å². The maximum Gasteiger partial charge on any atom is 0.435 e. The molecule has 1 amide bonds. The van der Waals surface area contributed by atoms with Crippen LogP contribution in [0.25, 0.3) is 28.7 Å². The SMILES string of the molecule is COc1cccc(-c2nnc(-c3cc(C(F)(F)F)nn3-c3cccc(CNC(=O)[C@H](C)N)c3)o2)c1. The molecule has 2 aromatic heterocycles. The zero-order chi connectivity index (χ0) is 25.2. The van der Waals surface area contributed by atoms with E-state index in [9.17, 15) is 18.0 Å². The number of methoxy groups -OCH3 is 1. The number of ether oxygens (including phenoxy) is 1. The van der Waals surface area contributed by atoms with Crippen molar-refractivity contribution in [3.63, 3.8) is 0 Å². The van der Waals surface area contributed by atoms with E-state index in [2.05, 4.69) is 20.6 Å². The third kappa shape index (κ3) is 5.32. The first-order chi connectivity index (χ1) is 16.7. The van der Waals surface area contributed by atoms with Gasteiger partial charge in [-0.2, -0.15) is 18.3 Å². The highest BCUT2D eigenvalue weighted by molar-refractivity contribution is 5.80. The molecule has 0 radical (unpaired) electrons. The summed E-state index contributed by atoms with van der Waals surface area (Å²) in [5.41, 5.74) is 5.86. The van der Waals surface area contributed by atoms with Crippen LogP contribution in [0.2, 0.25) is 0 Å². The number of hydrogen-bond acceptors (Lipinski definition) is 7. The van der Waals surface area contributed by atoms with Gasteiger partial charge in [-0.05, 0) is 42.8 Å². The lowest BCUT2D eigenvalue weighted by Gasteiger charge is -2.10. The number of halogens is 3. The van der Waals surface area contributed by atoms with Gasteiger partial charge in [0.2, 0.25) is 11.8 Å². The fraction of sp³-hybridized carbons (Fsp3) is 0.217. The van der Waals surface area contributed by atoms with E-state index in [1.54, 1.807) is 55.5 Å². The molecule has 0 bridgehead atoms. The molecule has 0 aliphatic heterocycles. The number of nitrogens with two attached hydrogens (primary N) is 1. The highest BCUT2D eigenvalue weighted by Crippen LogP contribution is 2.34. The average molecular weight is 486 g/mol. The Labute approximate surface area is 197 Å². The number of nitrogens with zero attached hydrogens (tertiary/aromatic N) is 4. The van der Waals surface area contributed by atoms with Crippen molar-refractivity contribution in [3.8, 4) is 34.5 Å². The molecule has 4 rings (SSSR count). The number of rotatable bonds is 7. The van der Waals surface area contributed by atoms with Gasteiger partial charge in [0.1, 0.15) is 11.4 Å². The lowest BCUT2D eigenvalue weighted by molar-refractivity contribution is -0.141. The Morgan fingerprint density at radius 2 is 1.89 bits per heavy atom. The van der Waals surface area contributed by atoms with Crippen LogP contribution < -0.4 is 15.8 Å². The topological polar surface area (TPSA) is 121 Å². The van der Waals surface area contributed by atoms with Crippen molar-refractivity contribution < 1.29 is 27.1 Å². The van der Waals surface area contributed by atoms with Gasteiger partial charge in [-0.15, -0.1) is 10.2 Å². The second kappa shape index (κ2) is 9.58. The van der Waals surface area contributed by atoms with Gasteiger partial charge >= 0.3 is 6.18 Å². The lowest BCUT2D eigenvalue weighted by Crippen LogP contribution is -2.37. The van der Waals surface area contributed by atoms with E-state index in [1.807, 2.05) is 0 Å². The van der Waals surface area contributed by atoms with E-state index < -0.39 is 17.9 Å². The zero-order valence-electron chi connectivity index (χ0n) is 18.7. The number of nitrogens with one attached hydrogen (secondary N) is 1. The summed E-state index contributed by atoms with van der Waals surface area (Å²) < 4.78 is 52.5. The average Bonchev–Trinajstić information content (AvgIpc) is 3.50. The molecule has 0 unspecified atom stereocenters. The summed E-state index contributed by atoms with van der Waals surface area (Å²) in [5.74, 6) is 0.152. The van der Waals surface area contributed by atoms with Gasteiger partial charge in [-0.3, -0.25) is 4.79 Å². The quantitative estimate of drug-likeness (QED) is 0.410. The third-order valence-corrected chi connectivity index (χ3v) is 5.00. The molecular weight excluding hydrogens is 465 g/mol. The summed E-state index contributed by atoms with van der Waals surface area (Å²) in [4.78, 5) is 11.8. The predicted molar refractivity (Wildman–Crippen MR) is 119 cm³/mol. The molecule has 0 aliphatic rings. The van der Waals surface area contributed by atoms with Crippen LogP contribution in [0, 0.1) is 0 Å². The van der Waals surface area contributed by atoms with E-state index in [0.29, 0.717) is 22.6 Å². The number of carbonyl (C=O) groups excluding carboxylic acids is 1. The minimum atomic E-state index is -4.70. The van der Waals surface area contributed by atoms with Gasteiger partial charge in [0.05, 0.1) is 18.8 Å². The molecule has 2 aromatic carbocycles. The van der Waals surface area contributed by atoms with E-state index in [1.165, 1.54) is 7.11 Å². The van der Waals surface area contributed by atoms with Crippen LogP contribution in [0.3, 0.4) is 0 Å². The minimum Gasteiger partial charge on any atom is -0.497 e. The maximum absolute atomic E-state index is 13.5. The van der Waals surface area contributed by atoms with Crippen molar-refractivity contribution >= 4 is 5.91 Å². The number of hydrogen-bond donors (Lipinski definition) is 2. The Hall–Kier alpha value is -4.19. The number of amides is 1. The molecule has 0 saturated heterocycles. The van der Waals surface area contributed by atoms with Crippen molar-refractivity contribution in [1.82, 2.24) is 25.3 Å². The molecule has 0 saturated carbocycles. The molecule has 0 fully saturated rings. The van der Waals surface area contributed by atoms with Gasteiger partial charge in [0, 0.05) is 18.2 Å². The van der Waals surface area contributed by atoms with Gasteiger partial charge in [-0.1, -0.05) is 18.2 Å². The van der Waals surface area contributed by atoms with Crippen molar-refractivity contribution in [2.75, 3.05) is 7.11 Å². The Morgan fingerprint density at radius 3 is 2.60 bits per heavy atom. The van der Waals surface area contributed by atoms with Crippen LogP contribution in [-0.2, 0) is 17.5 Å². The smallest absolute Gasteiger partial charge is 0.435 e. The second-order valence-electron chi connectivity index (χ2n) is 7.65. The van der Waals surface area contributed by atoms with Crippen LogP contribution in [0.1, 0.15) is 18.2 Å². The molecule has 0 aliphatic carbocycles. The fourth-order valence-electron chi connectivity index (χ4n) is 3.22. The van der Waals surface area contributed by atoms with Crippen LogP contribution in [0.15, 0.2) is 59.0 Å². The first kappa shape index (κ1) is 24.0. The van der Waals surface area contributed by atoms with Crippen LogP contribution in [0.4, 0.5) is 13.2 Å². The molecule has 1 atom stereocenters. The van der Waals surface area contributed by atoms with Gasteiger partial charge in [0.25, 0.3) is 5.89 Å². The minimum absolute atomic E-state index is 0.0456. The fourth-order valence-corrected chi connectivity index (χ4v) is 3.22. The number of carbonyl (C=O) groups is 1. The summed E-state index contributed by atoms with van der Waals surface area (Å²) in [5, 5.41) is 14.3. The highest BCUT2D eigenvalue weighted by Gasteiger charge is 2.36. The monoisotopic (exact) mass is 486 g/mol. The van der Waals surface area contributed by atoms with Crippen molar-refractivity contribution in [3.05, 3.63) is 65.9 Å². The number of alkyl halides is 3. The Balaban J connectivity index is 1.72.